The molecule has 0 unspecified atom stereocenters. The maximum atomic E-state index is 14.0. The second-order valence-corrected chi connectivity index (χ2v) is 15.8. The van der Waals surface area contributed by atoms with Crippen molar-refractivity contribution in [3.05, 3.63) is 92.3 Å². The third-order valence-corrected chi connectivity index (χ3v) is 11.8. The molecule has 15 heteroatoms. The van der Waals surface area contributed by atoms with Gasteiger partial charge in [-0.1, -0.05) is 27.7 Å². The maximum absolute atomic E-state index is 14.0. The highest BCUT2D eigenvalue weighted by Crippen LogP contribution is 2.50. The minimum absolute atomic E-state index is 0.0242. The van der Waals surface area contributed by atoms with E-state index in [9.17, 15) is 41.4 Å². The third-order valence-electron chi connectivity index (χ3n) is 11.8. The van der Waals surface area contributed by atoms with Gasteiger partial charge in [0.1, 0.15) is 0 Å². The summed E-state index contributed by atoms with van der Waals surface area (Å²) in [5.74, 6) is -2.55. The Bertz CT molecular complexity index is 2710. The SMILES string of the molecule is CCc1c(C)c2cc3[nH]c(cc4nc(c5c6nc(cc1[nH]2)c(C)c-6c(O)n(Cc1cc(C(F)(F)F)cc(C(F)(F)F)c1)c5O)[C@@H](CCC(=O)OC)[C@@H]4C)c(C)c3C(C)C. The Morgan fingerprint density at radius 1 is 0.847 bits per heavy atom. The van der Waals surface area contributed by atoms with Gasteiger partial charge >= 0.3 is 18.3 Å². The van der Waals surface area contributed by atoms with E-state index in [-0.39, 0.29) is 53.1 Å². The molecule has 6 heterocycles. The van der Waals surface area contributed by atoms with E-state index in [1.54, 1.807) is 6.92 Å². The second kappa shape index (κ2) is 14.8. The van der Waals surface area contributed by atoms with Gasteiger partial charge in [-0.15, -0.1) is 0 Å². The number of aromatic amines is 2. The zero-order chi connectivity index (χ0) is 43.0. The number of nitrogens with one attached hydrogen (secondary N) is 2. The molecule has 0 amide bonds. The molecule has 3 aliphatic rings. The van der Waals surface area contributed by atoms with Gasteiger partial charge in [-0.25, -0.2) is 4.98 Å². The van der Waals surface area contributed by atoms with Crippen LogP contribution in [0.5, 0.6) is 11.8 Å². The lowest BCUT2D eigenvalue weighted by Crippen LogP contribution is -2.13. The summed E-state index contributed by atoms with van der Waals surface area (Å²) in [5.41, 5.74) is 5.86. The average molecular weight is 822 g/mol. The van der Waals surface area contributed by atoms with Crippen LogP contribution >= 0.6 is 0 Å². The Labute approximate surface area is 335 Å². The third kappa shape index (κ3) is 7.22. The lowest BCUT2D eigenvalue weighted by atomic mass is 9.85. The van der Waals surface area contributed by atoms with Crippen LogP contribution in [0.25, 0.3) is 44.2 Å². The Morgan fingerprint density at radius 2 is 1.47 bits per heavy atom. The predicted molar refractivity (Wildman–Crippen MR) is 213 cm³/mol. The molecule has 1 aromatic carbocycles. The van der Waals surface area contributed by atoms with E-state index >= 15 is 0 Å². The maximum Gasteiger partial charge on any atom is 0.416 e. The average Bonchev–Trinajstić information content (AvgIpc) is 3.84. The summed E-state index contributed by atoms with van der Waals surface area (Å²) in [4.78, 5) is 29.8. The van der Waals surface area contributed by atoms with Crippen LogP contribution in [0.1, 0.15) is 114 Å². The van der Waals surface area contributed by atoms with Crippen molar-refractivity contribution in [1.29, 1.82) is 0 Å². The molecule has 0 saturated carbocycles. The molecule has 0 radical (unpaired) electrons. The van der Waals surface area contributed by atoms with E-state index in [1.807, 2.05) is 39.8 Å². The van der Waals surface area contributed by atoms with Crippen molar-refractivity contribution in [2.75, 3.05) is 7.11 Å². The number of alkyl halides is 6. The molecule has 0 saturated heterocycles. The van der Waals surface area contributed by atoms with Crippen molar-refractivity contribution < 1.29 is 46.1 Å². The van der Waals surface area contributed by atoms with Gasteiger partial charge in [0.15, 0.2) is 0 Å². The van der Waals surface area contributed by atoms with Crippen LogP contribution in [-0.4, -0.2) is 47.8 Å². The van der Waals surface area contributed by atoms with E-state index in [4.69, 9.17) is 14.7 Å². The minimum Gasteiger partial charge on any atom is -0.494 e. The van der Waals surface area contributed by atoms with Gasteiger partial charge in [0.25, 0.3) is 0 Å². The van der Waals surface area contributed by atoms with Crippen LogP contribution in [-0.2, 0) is 34.8 Å². The standard InChI is InChI=1S/C44H45F6N5O4/c1-9-27-20(4)29-17-34-36(19(2)3)22(6)31(52-34)15-30-21(5)28(10-11-35(56)59-8)39(53-30)38-40-37(23(7)32(54-40)16-33(27)51-29)41(57)55(42(38)58)18-24-12-25(43(45,46)47)14-26(13-24)44(48,49)50/h12-17,19,21,28,51-52,57-58H,9-11,18H2,1-8H3/t21-,28-/m0/s1. The molecule has 4 N–H and O–H groups in total. The lowest BCUT2D eigenvalue weighted by molar-refractivity contribution is -0.143. The molecule has 4 aromatic rings. The molecular formula is C44H45F6N5O4. The van der Waals surface area contributed by atoms with Crippen LogP contribution in [0.3, 0.4) is 0 Å². The number of aryl methyl sites for hydroxylation is 4. The number of fused-ring (bicyclic) bond motifs is 8. The molecule has 59 heavy (non-hydrogen) atoms. The first-order chi connectivity index (χ1) is 27.6. The number of pyridine rings is 1. The summed E-state index contributed by atoms with van der Waals surface area (Å²) in [5, 5.41) is 24.3. The second-order valence-electron chi connectivity index (χ2n) is 15.8. The Morgan fingerprint density at radius 3 is 2.07 bits per heavy atom. The molecule has 3 aliphatic heterocycles. The topological polar surface area (TPSA) is 129 Å². The number of H-pyrrole nitrogens is 2. The van der Waals surface area contributed by atoms with Gasteiger partial charge < -0.3 is 24.9 Å². The molecule has 3 aromatic heterocycles. The zero-order valence-corrected chi connectivity index (χ0v) is 33.8. The number of ether oxygens (including phenoxy) is 1. The zero-order valence-electron chi connectivity index (χ0n) is 33.8. The van der Waals surface area contributed by atoms with Crippen molar-refractivity contribution in [1.82, 2.24) is 24.5 Å². The summed E-state index contributed by atoms with van der Waals surface area (Å²) in [6, 6.07) is 6.97. The number of halogens is 6. The number of hydrogen-bond acceptors (Lipinski definition) is 6. The number of esters is 1. The first-order valence-corrected chi connectivity index (χ1v) is 19.4. The van der Waals surface area contributed by atoms with Gasteiger partial charge in [-0.3, -0.25) is 14.3 Å². The number of benzene rings is 1. The fourth-order valence-corrected chi connectivity index (χ4v) is 8.74. The fraction of sp³-hybridized carbons (Fsp3) is 0.386. The van der Waals surface area contributed by atoms with Crippen molar-refractivity contribution >= 4 is 38.9 Å². The van der Waals surface area contributed by atoms with Gasteiger partial charge in [0.2, 0.25) is 11.8 Å². The van der Waals surface area contributed by atoms with Crippen molar-refractivity contribution in [2.45, 2.75) is 104 Å². The van der Waals surface area contributed by atoms with Crippen molar-refractivity contribution in [2.24, 2.45) is 0 Å². The number of carbonyl (C=O) groups is 1. The Hall–Kier alpha value is -5.73. The van der Waals surface area contributed by atoms with E-state index in [0.717, 1.165) is 48.9 Å². The van der Waals surface area contributed by atoms with Crippen LogP contribution in [0, 0.1) is 20.8 Å². The number of carbonyl (C=O) groups excluding carboxylic acids is 1. The van der Waals surface area contributed by atoms with Gasteiger partial charge in [0.05, 0.1) is 52.6 Å². The highest BCUT2D eigenvalue weighted by Gasteiger charge is 2.38. The Kier molecular flexibility index (Phi) is 10.4. The molecule has 0 spiro atoms. The van der Waals surface area contributed by atoms with E-state index in [1.165, 1.54) is 7.11 Å². The first-order valence-electron chi connectivity index (χ1n) is 19.4. The number of nitrogens with zero attached hydrogens (tertiary/aromatic N) is 3. The number of methoxy groups -OCH3 is 1. The molecule has 9 nitrogen and oxygen atoms in total. The van der Waals surface area contributed by atoms with Gasteiger partial charge in [0, 0.05) is 46.0 Å². The number of aromatic nitrogens is 5. The smallest absolute Gasteiger partial charge is 0.416 e. The molecule has 2 atom stereocenters. The highest BCUT2D eigenvalue weighted by molar-refractivity contribution is 5.96. The molecule has 0 fully saturated rings. The van der Waals surface area contributed by atoms with Gasteiger partial charge in [-0.2, -0.15) is 26.3 Å². The van der Waals surface area contributed by atoms with Crippen LogP contribution in [0.2, 0.25) is 0 Å². The predicted octanol–water partition coefficient (Wildman–Crippen LogP) is 11.4. The number of hydrogen-bond donors (Lipinski definition) is 4. The lowest BCUT2D eigenvalue weighted by Gasteiger charge is -2.21. The van der Waals surface area contributed by atoms with Gasteiger partial charge in [-0.05, 0) is 109 Å². The summed E-state index contributed by atoms with van der Waals surface area (Å²) in [6.07, 6.45) is -9.41. The molecule has 0 aliphatic carbocycles. The fourth-order valence-electron chi connectivity index (χ4n) is 8.74. The molecular weight excluding hydrogens is 777 g/mol. The monoisotopic (exact) mass is 821 g/mol. The molecule has 7 rings (SSSR count). The number of aromatic hydroxyl groups is 2. The van der Waals surface area contributed by atoms with Crippen LogP contribution in [0.4, 0.5) is 26.3 Å². The molecule has 8 bridgehead atoms. The first kappa shape index (κ1) is 41.4. The van der Waals surface area contributed by atoms with E-state index in [2.05, 4.69) is 29.9 Å². The minimum atomic E-state index is -5.12. The summed E-state index contributed by atoms with van der Waals surface area (Å²) in [7, 11) is 1.27. The summed E-state index contributed by atoms with van der Waals surface area (Å²) < 4.78 is 89.7. The number of rotatable bonds is 7. The van der Waals surface area contributed by atoms with Crippen molar-refractivity contribution in [3.8, 4) is 23.0 Å². The quantitative estimate of drug-likeness (QED) is 0.0937. The van der Waals surface area contributed by atoms with E-state index in [0.29, 0.717) is 35.3 Å². The van der Waals surface area contributed by atoms with E-state index < -0.39 is 59.2 Å². The summed E-state index contributed by atoms with van der Waals surface area (Å²) in [6.45, 7) is 13.1. The van der Waals surface area contributed by atoms with Crippen LogP contribution in [0.15, 0.2) is 36.4 Å². The molecule has 312 valence electrons. The summed E-state index contributed by atoms with van der Waals surface area (Å²) >= 11 is 0. The largest absolute Gasteiger partial charge is 0.494 e. The van der Waals surface area contributed by atoms with Crippen LogP contribution < -0.4 is 0 Å². The highest BCUT2D eigenvalue weighted by atomic mass is 19.4. The van der Waals surface area contributed by atoms with Crippen molar-refractivity contribution in [3.63, 3.8) is 0 Å². The Balaban J connectivity index is 1.66. The normalized spacial score (nSPS) is 15.6.